The number of hydrogen-bond acceptors (Lipinski definition) is 3. The van der Waals surface area contributed by atoms with Crippen molar-refractivity contribution in [2.45, 2.75) is 38.6 Å². The second kappa shape index (κ2) is 5.83. The highest BCUT2D eigenvalue weighted by Crippen LogP contribution is 2.36. The zero-order valence-corrected chi connectivity index (χ0v) is 11.2. The summed E-state index contributed by atoms with van der Waals surface area (Å²) in [6.07, 6.45) is 8.10. The van der Waals surface area contributed by atoms with E-state index in [1.54, 1.807) is 11.0 Å². The first-order valence-corrected chi connectivity index (χ1v) is 6.89. The average molecular weight is 257 g/mol. The Bertz CT molecular complexity index is 344. The zero-order valence-electron chi connectivity index (χ0n) is 10.5. The van der Waals surface area contributed by atoms with Gasteiger partial charge in [0.25, 0.3) is 0 Å². The van der Waals surface area contributed by atoms with Gasteiger partial charge in [-0.1, -0.05) is 19.3 Å². The molecule has 0 bridgehead atoms. The van der Waals surface area contributed by atoms with Crippen LogP contribution in [0.25, 0.3) is 0 Å². The number of nitrogens with zero attached hydrogens (tertiary/aromatic N) is 3. The first-order chi connectivity index (χ1) is 8.26. The topological polar surface area (TPSA) is 42.7 Å². The van der Waals surface area contributed by atoms with Crippen LogP contribution in [-0.4, -0.2) is 27.2 Å². The maximum absolute atomic E-state index is 6.16. The summed E-state index contributed by atoms with van der Waals surface area (Å²) >= 11 is 6.16. The molecule has 1 aromatic heterocycles. The van der Waals surface area contributed by atoms with Crippen molar-refractivity contribution in [3.63, 3.8) is 0 Å². The average Bonchev–Trinajstić information content (AvgIpc) is 2.76. The molecule has 0 amide bonds. The van der Waals surface area contributed by atoms with Crippen molar-refractivity contribution < 1.29 is 0 Å². The number of aryl methyl sites for hydroxylation is 1. The number of halogens is 1. The van der Waals surface area contributed by atoms with Crippen molar-refractivity contribution in [2.24, 2.45) is 12.5 Å². The molecule has 5 heteroatoms. The van der Waals surface area contributed by atoms with Gasteiger partial charge in [-0.3, -0.25) is 4.68 Å². The standard InChI is InChI=1S/C12H21ClN4/c1-17-11(15-10-16-17)7-14-9-12(8-13)5-3-2-4-6-12/h10,14H,2-9H2,1H3. The number of hydrogen-bond donors (Lipinski definition) is 1. The summed E-state index contributed by atoms with van der Waals surface area (Å²) in [6, 6.07) is 0. The number of nitrogens with one attached hydrogen (secondary N) is 1. The van der Waals surface area contributed by atoms with E-state index in [-0.39, 0.29) is 0 Å². The van der Waals surface area contributed by atoms with Gasteiger partial charge in [0.1, 0.15) is 12.2 Å². The molecule has 1 aliphatic carbocycles. The lowest BCUT2D eigenvalue weighted by atomic mass is 9.75. The van der Waals surface area contributed by atoms with Gasteiger partial charge in [0.05, 0.1) is 6.54 Å². The van der Waals surface area contributed by atoms with Crippen LogP contribution < -0.4 is 5.32 Å². The van der Waals surface area contributed by atoms with Gasteiger partial charge in [-0.05, 0) is 18.3 Å². The Morgan fingerprint density at radius 3 is 2.76 bits per heavy atom. The molecule has 2 rings (SSSR count). The minimum atomic E-state index is 0.304. The molecule has 0 unspecified atom stereocenters. The molecule has 0 spiro atoms. The summed E-state index contributed by atoms with van der Waals surface area (Å²) in [5, 5.41) is 7.54. The predicted octanol–water partition coefficient (Wildman–Crippen LogP) is 2.09. The van der Waals surface area contributed by atoms with E-state index in [1.807, 2.05) is 7.05 Å². The third kappa shape index (κ3) is 3.19. The van der Waals surface area contributed by atoms with Crippen LogP contribution in [0.5, 0.6) is 0 Å². The molecule has 4 nitrogen and oxygen atoms in total. The fourth-order valence-corrected chi connectivity index (χ4v) is 2.94. The molecule has 1 saturated carbocycles. The van der Waals surface area contributed by atoms with Crippen LogP contribution in [0.4, 0.5) is 0 Å². The Kier molecular flexibility index (Phi) is 4.40. The smallest absolute Gasteiger partial charge is 0.140 e. The van der Waals surface area contributed by atoms with E-state index in [9.17, 15) is 0 Å². The van der Waals surface area contributed by atoms with Crippen LogP contribution in [0.15, 0.2) is 6.33 Å². The highest BCUT2D eigenvalue weighted by molar-refractivity contribution is 6.18. The van der Waals surface area contributed by atoms with Gasteiger partial charge >= 0.3 is 0 Å². The minimum absolute atomic E-state index is 0.304. The van der Waals surface area contributed by atoms with Crippen molar-refractivity contribution in [1.82, 2.24) is 20.1 Å². The molecule has 96 valence electrons. The third-order valence-corrected chi connectivity index (χ3v) is 4.35. The monoisotopic (exact) mass is 256 g/mol. The van der Waals surface area contributed by atoms with Gasteiger partial charge < -0.3 is 5.32 Å². The van der Waals surface area contributed by atoms with Crippen LogP contribution in [0.1, 0.15) is 37.9 Å². The maximum atomic E-state index is 6.16. The summed E-state index contributed by atoms with van der Waals surface area (Å²) in [5.74, 6) is 1.74. The molecule has 1 aromatic rings. The van der Waals surface area contributed by atoms with E-state index in [1.165, 1.54) is 32.1 Å². The van der Waals surface area contributed by atoms with Crippen molar-refractivity contribution in [3.05, 3.63) is 12.2 Å². The molecule has 0 aliphatic heterocycles. The van der Waals surface area contributed by atoms with E-state index in [0.29, 0.717) is 5.41 Å². The number of alkyl halides is 1. The highest BCUT2D eigenvalue weighted by Gasteiger charge is 2.30. The van der Waals surface area contributed by atoms with Crippen LogP contribution in [0.2, 0.25) is 0 Å². The summed E-state index contributed by atoms with van der Waals surface area (Å²) in [6.45, 7) is 1.76. The van der Waals surface area contributed by atoms with Gasteiger partial charge in [-0.15, -0.1) is 11.6 Å². The Morgan fingerprint density at radius 1 is 1.41 bits per heavy atom. The fraction of sp³-hybridized carbons (Fsp3) is 0.833. The fourth-order valence-electron chi connectivity index (χ4n) is 2.58. The van der Waals surface area contributed by atoms with Crippen molar-refractivity contribution >= 4 is 11.6 Å². The molecule has 17 heavy (non-hydrogen) atoms. The minimum Gasteiger partial charge on any atom is -0.309 e. The summed E-state index contributed by atoms with van der Waals surface area (Å²) in [7, 11) is 1.92. The first kappa shape index (κ1) is 12.8. The molecular weight excluding hydrogens is 236 g/mol. The maximum Gasteiger partial charge on any atom is 0.140 e. The van der Waals surface area contributed by atoms with Crippen LogP contribution in [0, 0.1) is 5.41 Å². The normalized spacial score (nSPS) is 19.4. The molecule has 1 N–H and O–H groups in total. The van der Waals surface area contributed by atoms with Gasteiger partial charge in [0.2, 0.25) is 0 Å². The van der Waals surface area contributed by atoms with Crippen LogP contribution in [-0.2, 0) is 13.6 Å². The second-order valence-electron chi connectivity index (χ2n) is 5.10. The van der Waals surface area contributed by atoms with Gasteiger partial charge in [-0.2, -0.15) is 5.10 Å². The summed E-state index contributed by atoms with van der Waals surface area (Å²) < 4.78 is 1.81. The van der Waals surface area contributed by atoms with Crippen molar-refractivity contribution in [3.8, 4) is 0 Å². The lowest BCUT2D eigenvalue weighted by Crippen LogP contribution is -2.37. The Morgan fingerprint density at radius 2 is 2.18 bits per heavy atom. The van der Waals surface area contributed by atoms with Crippen molar-refractivity contribution in [2.75, 3.05) is 12.4 Å². The zero-order chi connectivity index (χ0) is 12.1. The lowest BCUT2D eigenvalue weighted by Gasteiger charge is -2.35. The Labute approximate surface area is 108 Å². The quantitative estimate of drug-likeness (QED) is 0.821. The summed E-state index contributed by atoms with van der Waals surface area (Å²) in [5.41, 5.74) is 0.304. The van der Waals surface area contributed by atoms with Crippen LogP contribution in [0.3, 0.4) is 0 Å². The molecule has 0 saturated heterocycles. The number of aromatic nitrogens is 3. The van der Waals surface area contributed by atoms with E-state index in [4.69, 9.17) is 11.6 Å². The molecule has 0 atom stereocenters. The molecule has 0 aromatic carbocycles. The SMILES string of the molecule is Cn1ncnc1CNCC1(CCl)CCCCC1. The van der Waals surface area contributed by atoms with E-state index in [2.05, 4.69) is 15.4 Å². The van der Waals surface area contributed by atoms with Crippen molar-refractivity contribution in [1.29, 1.82) is 0 Å². The summed E-state index contributed by atoms with van der Waals surface area (Å²) in [4.78, 5) is 4.20. The Hall–Kier alpha value is -0.610. The first-order valence-electron chi connectivity index (χ1n) is 6.35. The third-order valence-electron chi connectivity index (χ3n) is 3.79. The van der Waals surface area contributed by atoms with Gasteiger partial charge in [-0.25, -0.2) is 4.98 Å². The highest BCUT2D eigenvalue weighted by atomic mass is 35.5. The molecule has 1 aliphatic rings. The second-order valence-corrected chi connectivity index (χ2v) is 5.36. The molecular formula is C12H21ClN4. The van der Waals surface area contributed by atoms with Gasteiger partial charge in [0.15, 0.2) is 0 Å². The lowest BCUT2D eigenvalue weighted by molar-refractivity contribution is 0.211. The molecule has 0 radical (unpaired) electrons. The molecule has 1 heterocycles. The Balaban J connectivity index is 1.82. The van der Waals surface area contributed by atoms with E-state index < -0.39 is 0 Å². The molecule has 1 fully saturated rings. The van der Waals surface area contributed by atoms with E-state index in [0.717, 1.165) is 24.8 Å². The number of rotatable bonds is 5. The van der Waals surface area contributed by atoms with E-state index >= 15 is 0 Å². The van der Waals surface area contributed by atoms with Crippen LogP contribution >= 0.6 is 11.6 Å². The predicted molar refractivity (Wildman–Crippen MR) is 68.9 cm³/mol. The largest absolute Gasteiger partial charge is 0.309 e. The van der Waals surface area contributed by atoms with Gasteiger partial charge in [0, 0.05) is 19.5 Å².